The summed E-state index contributed by atoms with van der Waals surface area (Å²) in [4.78, 5) is 24.0. The summed E-state index contributed by atoms with van der Waals surface area (Å²) in [6.45, 7) is 0. The molecule has 0 aliphatic carbocycles. The lowest BCUT2D eigenvalue weighted by atomic mass is 14.0. The summed E-state index contributed by atoms with van der Waals surface area (Å²) in [5.74, 6) is 0. The SMILES string of the molecule is N.O=[PH2]O.O=[PH2][O-].O=[PH2][O-].[H+].[H+]. The van der Waals surface area contributed by atoms with Gasteiger partial charge in [0.15, 0.2) is 8.69 Å². The first kappa shape index (κ1) is 22.4. The molecule has 0 amide bonds. The van der Waals surface area contributed by atoms with Crippen molar-refractivity contribution in [1.82, 2.24) is 6.15 Å². The van der Waals surface area contributed by atoms with E-state index in [0.29, 0.717) is 0 Å². The maximum atomic E-state index is 8.57. The Morgan fingerprint density at radius 1 is 1.10 bits per heavy atom. The zero-order valence-corrected chi connectivity index (χ0v) is 8.39. The van der Waals surface area contributed by atoms with Crippen molar-refractivity contribution in [3.63, 3.8) is 0 Å². The second-order valence-corrected chi connectivity index (χ2v) is 0.894. The van der Waals surface area contributed by atoms with Gasteiger partial charge in [-0.1, -0.05) is 0 Å². The van der Waals surface area contributed by atoms with Crippen molar-refractivity contribution in [3.05, 3.63) is 0 Å². The van der Waals surface area contributed by atoms with Gasteiger partial charge in [-0.2, -0.15) is 0 Å². The maximum Gasteiger partial charge on any atom is 1.00 e. The molecule has 7 nitrogen and oxygen atoms in total. The van der Waals surface area contributed by atoms with E-state index in [2.05, 4.69) is 0 Å². The third-order valence-corrected chi connectivity index (χ3v) is 0. The molecule has 68 valence electrons. The fourth-order valence-electron chi connectivity index (χ4n) is 0. The number of rotatable bonds is 0. The quantitative estimate of drug-likeness (QED) is 0.446. The summed E-state index contributed by atoms with van der Waals surface area (Å²) < 4.78 is 25.5. The van der Waals surface area contributed by atoms with E-state index in [4.69, 9.17) is 28.4 Å². The molecule has 0 fully saturated rings. The molecule has 0 aromatic carbocycles. The van der Waals surface area contributed by atoms with Gasteiger partial charge in [0, 0.05) is 0 Å². The van der Waals surface area contributed by atoms with Crippen molar-refractivity contribution in [2.24, 2.45) is 0 Å². The van der Waals surface area contributed by atoms with Gasteiger partial charge >= 0.3 is 2.85 Å². The highest BCUT2D eigenvalue weighted by molar-refractivity contribution is 7.16. The number of hydrogen-bond donors (Lipinski definition) is 2. The van der Waals surface area contributed by atoms with Crippen LogP contribution in [0.2, 0.25) is 0 Å². The molecule has 4 N–H and O–H groups in total. The Hall–Kier alpha value is 0.530. The molecule has 0 aromatic heterocycles. The molecule has 0 saturated carbocycles. The number of hydrogen-bond acceptors (Lipinski definition) is 6. The predicted octanol–water partition coefficient (Wildman–Crippen LogP) is -1.93. The van der Waals surface area contributed by atoms with Gasteiger partial charge in [0.05, 0.1) is 0 Å². The Morgan fingerprint density at radius 3 is 1.10 bits per heavy atom. The first-order valence-corrected chi connectivity index (χ1v) is 4.31. The van der Waals surface area contributed by atoms with Crippen molar-refractivity contribution < 1.29 is 31.2 Å². The van der Waals surface area contributed by atoms with Gasteiger partial charge in [0.1, 0.15) is 0 Å². The summed E-state index contributed by atoms with van der Waals surface area (Å²) in [6, 6.07) is 0. The largest absolute Gasteiger partial charge is 1.00 e. The van der Waals surface area contributed by atoms with Gasteiger partial charge in [-0.05, 0) is 17.4 Å². The van der Waals surface area contributed by atoms with Gasteiger partial charge in [-0.3, -0.25) is 4.57 Å². The van der Waals surface area contributed by atoms with Crippen LogP contribution in [0.5, 0.6) is 0 Å². The van der Waals surface area contributed by atoms with E-state index in [1.54, 1.807) is 0 Å². The van der Waals surface area contributed by atoms with Crippen molar-refractivity contribution in [3.8, 4) is 0 Å². The molecular weight excluding hydrogens is 203 g/mol. The Morgan fingerprint density at radius 2 is 1.10 bits per heavy atom. The van der Waals surface area contributed by atoms with Crippen LogP contribution in [0.3, 0.4) is 0 Å². The van der Waals surface area contributed by atoms with Gasteiger partial charge in [-0.15, -0.1) is 0 Å². The van der Waals surface area contributed by atoms with Crippen molar-refractivity contribution in [1.29, 1.82) is 0 Å². The second-order valence-electron chi connectivity index (χ2n) is 0.298. The van der Waals surface area contributed by atoms with Crippen LogP contribution in [-0.2, 0) is 13.7 Å². The van der Waals surface area contributed by atoms with Crippen LogP contribution in [-0.4, -0.2) is 4.89 Å². The van der Waals surface area contributed by atoms with Crippen molar-refractivity contribution >= 4 is 26.1 Å². The smallest absolute Gasteiger partial charge is 0.804 e. The molecule has 10 heteroatoms. The molecule has 0 radical (unpaired) electrons. The molecule has 0 aliphatic heterocycles. The van der Waals surface area contributed by atoms with E-state index in [-0.39, 0.29) is 9.00 Å². The lowest BCUT2D eigenvalue weighted by molar-refractivity contribution is -0.155. The standard InChI is InChI=1S/H3N.3H3O2P/c;3*1-3-2/h1H3;3*3H2,(H,1,2). The van der Waals surface area contributed by atoms with Crippen LogP contribution < -0.4 is 15.9 Å². The van der Waals surface area contributed by atoms with Gasteiger partial charge in [0.2, 0.25) is 0 Å². The zero-order chi connectivity index (χ0) is 8.12. The van der Waals surface area contributed by atoms with E-state index in [1.807, 2.05) is 0 Å². The Balaban J connectivity index is -0.00000001000. The molecule has 3 atom stereocenters. The fourth-order valence-corrected chi connectivity index (χ4v) is 0. The Bertz CT molecular complexity index is 57.5. The lowest BCUT2D eigenvalue weighted by Gasteiger charge is -1.62. The monoisotopic (exact) mass is 215 g/mol. The van der Waals surface area contributed by atoms with Gasteiger partial charge in [-0.25, -0.2) is 0 Å². The lowest BCUT2D eigenvalue weighted by Crippen LogP contribution is -1.65. The summed E-state index contributed by atoms with van der Waals surface area (Å²) in [6.07, 6.45) is 0. The Labute approximate surface area is 64.5 Å². The predicted molar refractivity (Wildman–Crippen MR) is 40.7 cm³/mol. The maximum absolute atomic E-state index is 8.57. The molecule has 0 spiro atoms. The summed E-state index contributed by atoms with van der Waals surface area (Å²) in [7, 11) is -5.00. The minimum Gasteiger partial charge on any atom is -0.804 e. The van der Waals surface area contributed by atoms with Crippen LogP contribution in [0.1, 0.15) is 2.85 Å². The summed E-state index contributed by atoms with van der Waals surface area (Å²) in [5.41, 5.74) is 0. The van der Waals surface area contributed by atoms with Crippen LogP contribution in [0.15, 0.2) is 0 Å². The molecule has 0 heterocycles. The van der Waals surface area contributed by atoms with E-state index >= 15 is 0 Å². The molecule has 3 unspecified atom stereocenters. The van der Waals surface area contributed by atoms with Gasteiger partial charge < -0.3 is 30.0 Å². The Kier molecular flexibility index (Phi) is 125. The highest BCUT2D eigenvalue weighted by Gasteiger charge is 1.17. The highest BCUT2D eigenvalue weighted by Crippen LogP contribution is 1.66. The average molecular weight is 215 g/mol. The minimum absolute atomic E-state index is 0. The van der Waals surface area contributed by atoms with E-state index in [0.717, 1.165) is 0 Å². The second kappa shape index (κ2) is 55.6. The van der Waals surface area contributed by atoms with Crippen molar-refractivity contribution in [2.45, 2.75) is 0 Å². The van der Waals surface area contributed by atoms with Crippen LogP contribution >= 0.6 is 26.1 Å². The van der Waals surface area contributed by atoms with Crippen LogP contribution in [0.4, 0.5) is 0 Å². The molecule has 0 saturated heterocycles. The van der Waals surface area contributed by atoms with Crippen molar-refractivity contribution in [2.75, 3.05) is 0 Å². The van der Waals surface area contributed by atoms with E-state index in [9.17, 15) is 0 Å². The topological polar surface area (TPSA) is 153 Å². The third kappa shape index (κ3) is 1720. The van der Waals surface area contributed by atoms with E-state index in [1.165, 1.54) is 0 Å². The molecule has 0 bridgehead atoms. The average Bonchev–Trinajstić information content (AvgIpc) is 1.70. The summed E-state index contributed by atoms with van der Waals surface area (Å²) in [5, 5.41) is 0. The molecule has 10 heavy (non-hydrogen) atoms. The fraction of sp³-hybridized carbons (Fsp3) is 0. The third-order valence-electron chi connectivity index (χ3n) is 0. The molecule has 0 aliphatic rings. The van der Waals surface area contributed by atoms with E-state index < -0.39 is 26.1 Å². The van der Waals surface area contributed by atoms with Crippen LogP contribution in [0, 0.1) is 0 Å². The normalized spacial score (nSPS) is 8.70. The zero-order valence-electron chi connectivity index (χ0n) is 6.93. The van der Waals surface area contributed by atoms with Crippen LogP contribution in [0.25, 0.3) is 0 Å². The molecule has 0 aromatic rings. The summed E-state index contributed by atoms with van der Waals surface area (Å²) >= 11 is 0. The molecule has 0 rings (SSSR count). The van der Waals surface area contributed by atoms with Gasteiger partial charge in [0.25, 0.3) is 0 Å². The first-order valence-electron chi connectivity index (χ1n) is 1.44. The molecular formula is H12NO6P3. The minimum atomic E-state index is -1.75. The first-order chi connectivity index (χ1) is 4.24. The highest BCUT2D eigenvalue weighted by atomic mass is 31.1.